The molecule has 152 valence electrons. The lowest BCUT2D eigenvalue weighted by Crippen LogP contribution is -2.22. The van der Waals surface area contributed by atoms with Gasteiger partial charge in [-0.15, -0.1) is 0 Å². The van der Waals surface area contributed by atoms with E-state index in [-0.39, 0.29) is 23.7 Å². The fourth-order valence-electron chi connectivity index (χ4n) is 2.59. The van der Waals surface area contributed by atoms with Crippen LogP contribution in [0.15, 0.2) is 76.3 Å². The summed E-state index contributed by atoms with van der Waals surface area (Å²) >= 11 is 8.95. The molecule has 0 radical (unpaired) electrons. The van der Waals surface area contributed by atoms with E-state index in [2.05, 4.69) is 31.8 Å². The molecule has 0 heterocycles. The summed E-state index contributed by atoms with van der Waals surface area (Å²) in [6.45, 7) is 0. The number of para-hydroxylation sites is 1. The van der Waals surface area contributed by atoms with Crippen LogP contribution in [0.1, 0.15) is 21.5 Å². The van der Waals surface area contributed by atoms with E-state index in [0.29, 0.717) is 20.7 Å². The van der Waals surface area contributed by atoms with Gasteiger partial charge in [0.2, 0.25) is 5.91 Å². The number of hydrogen-bond donors (Lipinski definition) is 2. The van der Waals surface area contributed by atoms with E-state index in [4.69, 9.17) is 11.6 Å². The van der Waals surface area contributed by atoms with Crippen molar-refractivity contribution in [3.8, 4) is 0 Å². The normalized spacial score (nSPS) is 10.8. The first-order valence-corrected chi connectivity index (χ1v) is 10.0. The number of halogens is 3. The Morgan fingerprint density at radius 1 is 1.07 bits per heavy atom. The van der Waals surface area contributed by atoms with Crippen LogP contribution in [0.2, 0.25) is 5.02 Å². The van der Waals surface area contributed by atoms with Gasteiger partial charge in [-0.05, 0) is 63.5 Å². The zero-order chi connectivity index (χ0) is 21.5. The van der Waals surface area contributed by atoms with Gasteiger partial charge in [-0.1, -0.05) is 41.9 Å². The van der Waals surface area contributed by atoms with Gasteiger partial charge in [0.25, 0.3) is 5.91 Å². The minimum atomic E-state index is -0.491. The molecule has 0 saturated carbocycles. The van der Waals surface area contributed by atoms with Gasteiger partial charge in [0, 0.05) is 5.02 Å². The number of nitrogens with zero attached hydrogens (tertiary/aromatic N) is 1. The van der Waals surface area contributed by atoms with Crippen LogP contribution in [-0.2, 0) is 11.2 Å². The molecule has 0 unspecified atom stereocenters. The molecule has 3 rings (SSSR count). The average Bonchev–Trinajstić information content (AvgIpc) is 2.72. The first-order valence-electron chi connectivity index (χ1n) is 8.84. The monoisotopic (exact) mass is 487 g/mol. The molecular formula is C22H16BrClFN3O2. The summed E-state index contributed by atoms with van der Waals surface area (Å²) in [5.74, 6) is -1.15. The predicted molar refractivity (Wildman–Crippen MR) is 119 cm³/mol. The summed E-state index contributed by atoms with van der Waals surface area (Å²) in [6.07, 6.45) is 1.54. The van der Waals surface area contributed by atoms with Crippen LogP contribution >= 0.6 is 27.5 Å². The highest BCUT2D eigenvalue weighted by molar-refractivity contribution is 9.10. The standard InChI is InChI=1S/C22H16BrClFN3O2/c23-18-11-15(7-10-19(18)25)13-26-28-22(30)17-3-1-2-4-20(17)27-21(29)12-14-5-8-16(24)9-6-14/h1-11,13H,12H2,(H,27,29)(H,28,30)/b26-13-. The molecule has 2 amide bonds. The van der Waals surface area contributed by atoms with E-state index < -0.39 is 5.91 Å². The van der Waals surface area contributed by atoms with Crippen molar-refractivity contribution in [3.05, 3.63) is 98.7 Å². The van der Waals surface area contributed by atoms with Crippen LogP contribution in [-0.4, -0.2) is 18.0 Å². The maximum atomic E-state index is 13.3. The molecule has 0 atom stereocenters. The van der Waals surface area contributed by atoms with E-state index in [9.17, 15) is 14.0 Å². The Labute approximate surface area is 186 Å². The number of rotatable bonds is 6. The third kappa shape index (κ3) is 5.98. The van der Waals surface area contributed by atoms with Crippen molar-refractivity contribution in [3.63, 3.8) is 0 Å². The summed E-state index contributed by atoms with van der Waals surface area (Å²) in [5, 5.41) is 7.23. The Kier molecular flexibility index (Phi) is 7.32. The van der Waals surface area contributed by atoms with Crippen LogP contribution in [0.3, 0.4) is 0 Å². The lowest BCUT2D eigenvalue weighted by atomic mass is 10.1. The lowest BCUT2D eigenvalue weighted by molar-refractivity contribution is -0.115. The number of benzene rings is 3. The number of hydrogen-bond acceptors (Lipinski definition) is 3. The van der Waals surface area contributed by atoms with Gasteiger partial charge in [0.15, 0.2) is 0 Å². The molecule has 5 nitrogen and oxygen atoms in total. The van der Waals surface area contributed by atoms with Crippen molar-refractivity contribution in [1.29, 1.82) is 0 Å². The molecule has 30 heavy (non-hydrogen) atoms. The first-order chi connectivity index (χ1) is 14.4. The minimum Gasteiger partial charge on any atom is -0.325 e. The van der Waals surface area contributed by atoms with Gasteiger partial charge in [-0.3, -0.25) is 9.59 Å². The molecule has 0 aliphatic heterocycles. The van der Waals surface area contributed by atoms with Crippen LogP contribution < -0.4 is 10.7 Å². The van der Waals surface area contributed by atoms with Crippen LogP contribution in [0, 0.1) is 5.82 Å². The zero-order valence-corrected chi connectivity index (χ0v) is 17.9. The van der Waals surface area contributed by atoms with Gasteiger partial charge in [0.1, 0.15) is 5.82 Å². The van der Waals surface area contributed by atoms with E-state index in [1.807, 2.05) is 0 Å². The molecular weight excluding hydrogens is 473 g/mol. The van der Waals surface area contributed by atoms with Crippen molar-refractivity contribution < 1.29 is 14.0 Å². The molecule has 0 aliphatic carbocycles. The van der Waals surface area contributed by atoms with Crippen LogP contribution in [0.4, 0.5) is 10.1 Å². The van der Waals surface area contributed by atoms with Gasteiger partial charge in [0.05, 0.1) is 28.4 Å². The lowest BCUT2D eigenvalue weighted by Gasteiger charge is -2.10. The Morgan fingerprint density at radius 2 is 1.80 bits per heavy atom. The molecule has 0 saturated heterocycles. The molecule has 3 aromatic rings. The summed E-state index contributed by atoms with van der Waals surface area (Å²) in [6, 6.07) is 17.9. The Hall–Kier alpha value is -3.03. The van der Waals surface area contributed by atoms with Crippen molar-refractivity contribution >= 4 is 51.2 Å². The third-order valence-corrected chi connectivity index (χ3v) is 4.91. The smallest absolute Gasteiger partial charge is 0.273 e. The van der Waals surface area contributed by atoms with E-state index in [0.717, 1.165) is 5.56 Å². The molecule has 0 aliphatic rings. The summed E-state index contributed by atoms with van der Waals surface area (Å²) in [7, 11) is 0. The quantitative estimate of drug-likeness (QED) is 0.370. The molecule has 0 bridgehead atoms. The van der Waals surface area contributed by atoms with E-state index >= 15 is 0 Å². The fraction of sp³-hybridized carbons (Fsp3) is 0.0455. The summed E-state index contributed by atoms with van der Waals surface area (Å²) < 4.78 is 13.6. The van der Waals surface area contributed by atoms with Gasteiger partial charge >= 0.3 is 0 Å². The number of hydrazone groups is 1. The van der Waals surface area contributed by atoms with Crippen molar-refractivity contribution in [2.75, 3.05) is 5.32 Å². The summed E-state index contributed by atoms with van der Waals surface area (Å²) in [4.78, 5) is 24.9. The molecule has 0 aromatic heterocycles. The van der Waals surface area contributed by atoms with E-state index in [1.54, 1.807) is 48.5 Å². The zero-order valence-electron chi connectivity index (χ0n) is 15.5. The van der Waals surface area contributed by atoms with Crippen LogP contribution in [0.25, 0.3) is 0 Å². The predicted octanol–water partition coefficient (Wildman–Crippen LogP) is 5.19. The van der Waals surface area contributed by atoms with Gasteiger partial charge < -0.3 is 5.32 Å². The van der Waals surface area contributed by atoms with Crippen LogP contribution in [0.5, 0.6) is 0 Å². The molecule has 0 spiro atoms. The second-order valence-corrected chi connectivity index (χ2v) is 7.56. The topological polar surface area (TPSA) is 70.6 Å². The highest BCUT2D eigenvalue weighted by Gasteiger charge is 2.13. The second-order valence-electron chi connectivity index (χ2n) is 6.27. The highest BCUT2D eigenvalue weighted by atomic mass is 79.9. The SMILES string of the molecule is O=C(Cc1ccc(Cl)cc1)Nc1ccccc1C(=O)N/N=C\c1ccc(F)c(Br)c1. The summed E-state index contributed by atoms with van der Waals surface area (Å²) in [5.41, 5.74) is 4.44. The highest BCUT2D eigenvalue weighted by Crippen LogP contribution is 2.17. The Morgan fingerprint density at radius 3 is 2.53 bits per heavy atom. The van der Waals surface area contributed by atoms with Crippen molar-refractivity contribution in [2.45, 2.75) is 6.42 Å². The van der Waals surface area contributed by atoms with Gasteiger partial charge in [-0.25, -0.2) is 9.82 Å². The average molecular weight is 489 g/mol. The van der Waals surface area contributed by atoms with Gasteiger partial charge in [-0.2, -0.15) is 5.10 Å². The first kappa shape index (κ1) is 21.7. The third-order valence-electron chi connectivity index (χ3n) is 4.05. The number of carbonyl (C=O) groups is 2. The number of anilines is 1. The number of carbonyl (C=O) groups excluding carboxylic acids is 2. The Bertz CT molecular complexity index is 1100. The second kappa shape index (κ2) is 10.1. The van der Waals surface area contributed by atoms with Crippen molar-refractivity contribution in [1.82, 2.24) is 5.43 Å². The largest absolute Gasteiger partial charge is 0.325 e. The molecule has 2 N–H and O–H groups in total. The van der Waals surface area contributed by atoms with E-state index in [1.165, 1.54) is 24.4 Å². The minimum absolute atomic E-state index is 0.144. The Balaban J connectivity index is 1.65. The number of nitrogens with one attached hydrogen (secondary N) is 2. The molecule has 8 heteroatoms. The molecule has 0 fully saturated rings. The maximum absolute atomic E-state index is 13.3. The fourth-order valence-corrected chi connectivity index (χ4v) is 3.11. The number of amides is 2. The molecule has 3 aromatic carbocycles. The van der Waals surface area contributed by atoms with Crippen molar-refractivity contribution in [2.24, 2.45) is 5.10 Å². The maximum Gasteiger partial charge on any atom is 0.273 e.